The van der Waals surface area contributed by atoms with Crippen LogP contribution in [0.4, 0.5) is 0 Å². The highest BCUT2D eigenvalue weighted by molar-refractivity contribution is 5.67. The van der Waals surface area contributed by atoms with Crippen LogP contribution in [0.2, 0.25) is 0 Å². The van der Waals surface area contributed by atoms with Crippen LogP contribution in [0.15, 0.2) is 24.3 Å². The van der Waals surface area contributed by atoms with Crippen LogP contribution >= 0.6 is 0 Å². The number of carbonyl (C=O) groups is 2. The van der Waals surface area contributed by atoms with Crippen molar-refractivity contribution in [3.63, 3.8) is 0 Å². The fourth-order valence-corrected chi connectivity index (χ4v) is 4.47. The molecule has 2 rings (SSSR count). The van der Waals surface area contributed by atoms with Gasteiger partial charge in [-0.3, -0.25) is 9.59 Å². The summed E-state index contributed by atoms with van der Waals surface area (Å²) in [6.07, 6.45) is 1.19. The predicted octanol–water partition coefficient (Wildman–Crippen LogP) is 6.95. The van der Waals surface area contributed by atoms with E-state index in [9.17, 15) is 19.8 Å². The van der Waals surface area contributed by atoms with E-state index in [0.29, 0.717) is 30.9 Å². The third-order valence-corrected chi connectivity index (χ3v) is 6.96. The first-order valence-electron chi connectivity index (χ1n) is 15.3. The van der Waals surface area contributed by atoms with E-state index < -0.39 is 11.9 Å². The molecule has 2 aromatic rings. The van der Waals surface area contributed by atoms with Gasteiger partial charge in [0.15, 0.2) is 0 Å². The number of aryl methyl sites for hydroxylation is 2. The minimum atomic E-state index is -0.798. The third kappa shape index (κ3) is 13.7. The van der Waals surface area contributed by atoms with E-state index in [-0.39, 0.29) is 41.1 Å². The average molecular weight is 618 g/mol. The zero-order chi connectivity index (χ0) is 34.8. The molecule has 0 aliphatic carbocycles. The summed E-state index contributed by atoms with van der Waals surface area (Å²) in [5.41, 5.74) is 9.53. The lowest BCUT2D eigenvalue weighted by Gasteiger charge is -2.28. The molecule has 0 aromatic heterocycles. The SMILES string of the molecule is CC(C)(C)c1cc(CCC(=O)O)cc(C(C)(C)C)c1O.CC(C)(C)c1cc(CCC(=O)O)cc(C(C)(C)C)c1O.NCCO. The molecule has 0 fully saturated rings. The molecule has 0 aliphatic rings. The van der Waals surface area contributed by atoms with E-state index in [1.54, 1.807) is 0 Å². The molecule has 0 saturated carbocycles. The molecule has 250 valence electrons. The van der Waals surface area contributed by atoms with Gasteiger partial charge < -0.3 is 31.3 Å². The van der Waals surface area contributed by atoms with Gasteiger partial charge in [-0.25, -0.2) is 0 Å². The van der Waals surface area contributed by atoms with Crippen LogP contribution in [0.5, 0.6) is 11.5 Å². The fraction of sp³-hybridized carbons (Fsp3) is 0.611. The summed E-state index contributed by atoms with van der Waals surface area (Å²) in [5, 5.41) is 46.5. The summed E-state index contributed by atoms with van der Waals surface area (Å²) in [4.78, 5) is 21.5. The molecule has 0 unspecified atom stereocenters. The Morgan fingerprint density at radius 2 is 0.773 bits per heavy atom. The summed E-state index contributed by atoms with van der Waals surface area (Å²) < 4.78 is 0. The van der Waals surface area contributed by atoms with Crippen molar-refractivity contribution < 1.29 is 35.1 Å². The Morgan fingerprint density at radius 3 is 0.909 bits per heavy atom. The first kappa shape index (κ1) is 40.9. The van der Waals surface area contributed by atoms with Gasteiger partial charge in [0.05, 0.1) is 6.61 Å². The van der Waals surface area contributed by atoms with Crippen molar-refractivity contribution in [2.75, 3.05) is 13.2 Å². The second kappa shape index (κ2) is 16.3. The van der Waals surface area contributed by atoms with Crippen molar-refractivity contribution >= 4 is 11.9 Å². The number of aliphatic hydroxyl groups is 1. The molecule has 0 bridgehead atoms. The van der Waals surface area contributed by atoms with Crippen LogP contribution in [-0.2, 0) is 44.1 Å². The lowest BCUT2D eigenvalue weighted by atomic mass is 9.78. The van der Waals surface area contributed by atoms with Gasteiger partial charge in [-0.05, 0) is 67.9 Å². The molecule has 44 heavy (non-hydrogen) atoms. The molecule has 0 amide bonds. The smallest absolute Gasteiger partial charge is 0.303 e. The maximum absolute atomic E-state index is 10.8. The van der Waals surface area contributed by atoms with E-state index in [1.807, 2.05) is 24.3 Å². The van der Waals surface area contributed by atoms with E-state index >= 15 is 0 Å². The number of phenolic OH excluding ortho intramolecular Hbond substituents is 2. The Labute approximate surface area is 265 Å². The van der Waals surface area contributed by atoms with Gasteiger partial charge in [0, 0.05) is 19.4 Å². The Morgan fingerprint density at radius 1 is 0.568 bits per heavy atom. The van der Waals surface area contributed by atoms with Crippen molar-refractivity contribution in [3.8, 4) is 11.5 Å². The number of phenols is 2. The molecule has 8 heteroatoms. The second-order valence-electron chi connectivity index (χ2n) is 15.4. The van der Waals surface area contributed by atoms with Gasteiger partial charge >= 0.3 is 11.9 Å². The van der Waals surface area contributed by atoms with Crippen molar-refractivity contribution in [3.05, 3.63) is 57.6 Å². The molecule has 0 aliphatic heterocycles. The van der Waals surface area contributed by atoms with E-state index in [2.05, 4.69) is 83.1 Å². The number of aromatic hydroxyl groups is 2. The Bertz CT molecular complexity index is 1070. The van der Waals surface area contributed by atoms with E-state index in [0.717, 1.165) is 33.4 Å². The monoisotopic (exact) mass is 617 g/mol. The minimum Gasteiger partial charge on any atom is -0.507 e. The van der Waals surface area contributed by atoms with Crippen LogP contribution in [0.1, 0.15) is 129 Å². The van der Waals surface area contributed by atoms with Gasteiger partial charge in [-0.1, -0.05) is 107 Å². The highest BCUT2D eigenvalue weighted by Crippen LogP contribution is 2.41. The Hall–Kier alpha value is -3.10. The Balaban J connectivity index is 0.000000749. The van der Waals surface area contributed by atoms with Gasteiger partial charge in [0.2, 0.25) is 0 Å². The topological polar surface area (TPSA) is 161 Å². The molecule has 0 heterocycles. The minimum absolute atomic E-state index is 0.0972. The third-order valence-electron chi connectivity index (χ3n) is 6.96. The molecular formula is C36H59NO7. The standard InChI is InChI=1S/2C17H26O3.C2H7NO/c2*1-16(2,3)12-9-11(7-8-14(18)19)10-13(15(12)20)17(4,5)6;3-1-2-4/h2*9-10,20H,7-8H2,1-6H3,(H,18,19);4H,1-3H2. The number of aliphatic carboxylic acids is 2. The summed E-state index contributed by atoms with van der Waals surface area (Å²) in [6, 6.07) is 7.75. The summed E-state index contributed by atoms with van der Waals surface area (Å²) >= 11 is 0. The highest BCUT2D eigenvalue weighted by Gasteiger charge is 2.27. The van der Waals surface area contributed by atoms with Crippen LogP contribution in [0.3, 0.4) is 0 Å². The molecule has 2 aromatic carbocycles. The lowest BCUT2D eigenvalue weighted by molar-refractivity contribution is -0.138. The highest BCUT2D eigenvalue weighted by atomic mass is 16.4. The average Bonchev–Trinajstić information content (AvgIpc) is 2.85. The van der Waals surface area contributed by atoms with Gasteiger partial charge in [-0.15, -0.1) is 0 Å². The van der Waals surface area contributed by atoms with Gasteiger partial charge in [0.25, 0.3) is 0 Å². The number of rotatable bonds is 7. The molecule has 7 N–H and O–H groups in total. The predicted molar refractivity (Wildman–Crippen MR) is 179 cm³/mol. The number of nitrogens with two attached hydrogens (primary N) is 1. The van der Waals surface area contributed by atoms with Gasteiger partial charge in [0.1, 0.15) is 11.5 Å². The first-order valence-corrected chi connectivity index (χ1v) is 15.3. The van der Waals surface area contributed by atoms with Crippen LogP contribution < -0.4 is 5.73 Å². The molecule has 0 saturated heterocycles. The van der Waals surface area contributed by atoms with Crippen LogP contribution in [-0.4, -0.2) is 50.6 Å². The maximum Gasteiger partial charge on any atom is 0.303 e. The number of aliphatic hydroxyl groups excluding tert-OH is 1. The second-order valence-corrected chi connectivity index (χ2v) is 15.4. The maximum atomic E-state index is 10.8. The number of benzene rings is 2. The van der Waals surface area contributed by atoms with Crippen molar-refractivity contribution in [2.45, 2.75) is 130 Å². The Kier molecular flexibility index (Phi) is 15.1. The number of carboxylic acid groups (broad SMARTS) is 2. The first-order chi connectivity index (χ1) is 19.8. The molecular weight excluding hydrogens is 558 g/mol. The zero-order valence-electron chi connectivity index (χ0n) is 29.2. The summed E-state index contributed by atoms with van der Waals surface area (Å²) in [5.74, 6) is -0.923. The van der Waals surface area contributed by atoms with Gasteiger partial charge in [-0.2, -0.15) is 0 Å². The molecule has 0 atom stereocenters. The summed E-state index contributed by atoms with van der Waals surface area (Å²) in [6.45, 7) is 25.1. The lowest BCUT2D eigenvalue weighted by Crippen LogP contribution is -2.18. The molecule has 8 nitrogen and oxygen atoms in total. The van der Waals surface area contributed by atoms with E-state index in [1.165, 1.54) is 0 Å². The number of hydrogen-bond donors (Lipinski definition) is 6. The van der Waals surface area contributed by atoms with Crippen molar-refractivity contribution in [1.82, 2.24) is 0 Å². The molecule has 0 radical (unpaired) electrons. The fourth-order valence-electron chi connectivity index (χ4n) is 4.47. The largest absolute Gasteiger partial charge is 0.507 e. The normalized spacial score (nSPS) is 12.0. The van der Waals surface area contributed by atoms with Crippen molar-refractivity contribution in [2.24, 2.45) is 5.73 Å². The van der Waals surface area contributed by atoms with Crippen molar-refractivity contribution in [1.29, 1.82) is 0 Å². The number of hydrogen-bond acceptors (Lipinski definition) is 6. The van der Waals surface area contributed by atoms with Crippen LogP contribution in [0, 0.1) is 0 Å². The quantitative estimate of drug-likeness (QED) is 0.195. The van der Waals surface area contributed by atoms with E-state index in [4.69, 9.17) is 21.1 Å². The number of carboxylic acids is 2. The molecule has 0 spiro atoms. The van der Waals surface area contributed by atoms with Crippen LogP contribution in [0.25, 0.3) is 0 Å². The zero-order valence-corrected chi connectivity index (χ0v) is 29.2. The summed E-state index contributed by atoms with van der Waals surface area (Å²) in [7, 11) is 0.